The van der Waals surface area contributed by atoms with Crippen LogP contribution in [0.4, 0.5) is 19.0 Å². The van der Waals surface area contributed by atoms with Crippen LogP contribution in [-0.2, 0) is 12.6 Å². The van der Waals surface area contributed by atoms with Crippen LogP contribution in [0.3, 0.4) is 0 Å². The first-order valence-corrected chi connectivity index (χ1v) is 12.2. The van der Waals surface area contributed by atoms with E-state index in [0.29, 0.717) is 36.0 Å². The molecular weight excluding hydrogens is 542 g/mol. The van der Waals surface area contributed by atoms with E-state index in [1.807, 2.05) is 0 Å². The minimum Gasteiger partial charge on any atom is -0.396 e. The highest BCUT2D eigenvalue weighted by Gasteiger charge is 2.34. The molecule has 0 aromatic carbocycles. The van der Waals surface area contributed by atoms with Gasteiger partial charge in [0.25, 0.3) is 5.91 Å². The van der Waals surface area contributed by atoms with Crippen LogP contribution in [0.25, 0.3) is 0 Å². The molecule has 1 unspecified atom stereocenters. The molecule has 2 N–H and O–H groups in total. The van der Waals surface area contributed by atoms with Crippen LogP contribution in [-0.4, -0.2) is 43.3 Å². The van der Waals surface area contributed by atoms with E-state index in [1.165, 1.54) is 12.5 Å². The molecular formula is C22H20Cl2F3N5O3S. The largest absolute Gasteiger partial charge is 0.418 e. The molecule has 0 spiro atoms. The number of ketones is 1. The third-order valence-electron chi connectivity index (χ3n) is 5.01. The van der Waals surface area contributed by atoms with E-state index in [0.717, 1.165) is 17.5 Å². The first-order valence-electron chi connectivity index (χ1n) is 10.6. The molecule has 0 bridgehead atoms. The summed E-state index contributed by atoms with van der Waals surface area (Å²) in [6.45, 7) is 1.79. The molecule has 0 fully saturated rings. The van der Waals surface area contributed by atoms with Gasteiger partial charge in [0.05, 0.1) is 32.5 Å². The van der Waals surface area contributed by atoms with E-state index in [2.05, 4.69) is 25.3 Å². The number of alkyl halides is 3. The lowest BCUT2D eigenvalue weighted by atomic mass is 10.0. The highest BCUT2D eigenvalue weighted by atomic mass is 35.5. The minimum atomic E-state index is -4.70. The molecule has 0 saturated heterocycles. The van der Waals surface area contributed by atoms with Crippen LogP contribution in [0.5, 0.6) is 0 Å². The Labute approximate surface area is 217 Å². The molecule has 192 valence electrons. The topological polar surface area (TPSA) is 118 Å². The van der Waals surface area contributed by atoms with Gasteiger partial charge in [-0.2, -0.15) is 13.2 Å². The number of nitrogens with one attached hydrogen (secondary N) is 1. The number of rotatable bonds is 10. The van der Waals surface area contributed by atoms with Crippen molar-refractivity contribution in [3.8, 4) is 0 Å². The Hall–Kier alpha value is -2.67. The zero-order chi connectivity index (χ0) is 26.5. The highest BCUT2D eigenvalue weighted by Crippen LogP contribution is 2.35. The number of Topliss-reactive ketones (excluding diaryl/α,β-unsaturated/α-hetero) is 1. The maximum atomic E-state index is 13.0. The summed E-state index contributed by atoms with van der Waals surface area (Å²) in [7, 11) is 0. The van der Waals surface area contributed by atoms with Crippen LogP contribution in [0, 0.1) is 0 Å². The standard InChI is InChI=1S/C22H20Cl2F3N5O3S/c1-11(6-15(34)19-18(24)14(30-10-31-19)4-2-3-5-33)21-29-9-16(36-21)20(35)32-17-7-12(22(25,26)27)13(23)8-28-17/h7-11,33H,2-6H2,1H3,(H,28,32,35). The summed E-state index contributed by atoms with van der Waals surface area (Å²) in [4.78, 5) is 41.5. The molecule has 3 aromatic heterocycles. The van der Waals surface area contributed by atoms with Gasteiger partial charge in [-0.25, -0.2) is 19.9 Å². The zero-order valence-corrected chi connectivity index (χ0v) is 21.1. The van der Waals surface area contributed by atoms with Crippen molar-refractivity contribution in [2.75, 3.05) is 11.9 Å². The van der Waals surface area contributed by atoms with Crippen molar-refractivity contribution in [3.05, 3.63) is 61.7 Å². The molecule has 3 heterocycles. The molecule has 0 saturated carbocycles. The maximum absolute atomic E-state index is 13.0. The fourth-order valence-corrected chi connectivity index (χ4v) is 4.54. The number of hydrogen-bond acceptors (Lipinski definition) is 8. The Morgan fingerprint density at radius 2 is 1.89 bits per heavy atom. The second kappa shape index (κ2) is 12.0. The van der Waals surface area contributed by atoms with Crippen molar-refractivity contribution in [2.24, 2.45) is 0 Å². The number of aryl methyl sites for hydroxylation is 1. The lowest BCUT2D eigenvalue weighted by molar-refractivity contribution is -0.137. The number of aliphatic hydroxyl groups is 1. The number of aromatic nitrogens is 4. The number of thiazole rings is 1. The number of anilines is 1. The molecule has 3 aromatic rings. The number of pyridine rings is 1. The average Bonchev–Trinajstić information content (AvgIpc) is 3.31. The monoisotopic (exact) mass is 561 g/mol. The lowest BCUT2D eigenvalue weighted by Crippen LogP contribution is -2.13. The summed E-state index contributed by atoms with van der Waals surface area (Å²) >= 11 is 12.9. The Balaban J connectivity index is 1.67. The molecule has 3 rings (SSSR count). The van der Waals surface area contributed by atoms with Crippen LogP contribution >= 0.6 is 34.5 Å². The maximum Gasteiger partial charge on any atom is 0.418 e. The van der Waals surface area contributed by atoms with Gasteiger partial charge in [-0.15, -0.1) is 11.3 Å². The highest BCUT2D eigenvalue weighted by molar-refractivity contribution is 7.13. The molecule has 0 aliphatic rings. The molecule has 36 heavy (non-hydrogen) atoms. The normalized spacial score (nSPS) is 12.4. The lowest BCUT2D eigenvalue weighted by Gasteiger charge is -2.10. The van der Waals surface area contributed by atoms with Gasteiger partial charge in [0.15, 0.2) is 5.78 Å². The van der Waals surface area contributed by atoms with Crippen LogP contribution < -0.4 is 5.32 Å². The smallest absolute Gasteiger partial charge is 0.396 e. The van der Waals surface area contributed by atoms with Crippen molar-refractivity contribution in [1.29, 1.82) is 0 Å². The van der Waals surface area contributed by atoms with Gasteiger partial charge in [-0.1, -0.05) is 30.1 Å². The molecule has 0 radical (unpaired) electrons. The number of nitrogens with zero attached hydrogens (tertiary/aromatic N) is 4. The minimum absolute atomic E-state index is 0.00900. The average molecular weight is 562 g/mol. The summed E-state index contributed by atoms with van der Waals surface area (Å²) in [6, 6.07) is 0.646. The zero-order valence-electron chi connectivity index (χ0n) is 18.8. The van der Waals surface area contributed by atoms with Crippen LogP contribution in [0.1, 0.15) is 68.5 Å². The summed E-state index contributed by atoms with van der Waals surface area (Å²) in [5.41, 5.74) is -0.512. The van der Waals surface area contributed by atoms with E-state index in [9.17, 15) is 22.8 Å². The van der Waals surface area contributed by atoms with E-state index >= 15 is 0 Å². The molecule has 0 aliphatic carbocycles. The molecule has 0 aliphatic heterocycles. The van der Waals surface area contributed by atoms with Crippen LogP contribution in [0.2, 0.25) is 10.0 Å². The third kappa shape index (κ3) is 6.96. The number of halogens is 5. The summed E-state index contributed by atoms with van der Waals surface area (Å²) in [5.74, 6) is -1.74. The van der Waals surface area contributed by atoms with E-state index in [-0.39, 0.29) is 40.2 Å². The van der Waals surface area contributed by atoms with Gasteiger partial charge in [0, 0.05) is 25.1 Å². The van der Waals surface area contributed by atoms with Crippen molar-refractivity contribution in [2.45, 2.75) is 44.7 Å². The van der Waals surface area contributed by atoms with Crippen molar-refractivity contribution < 1.29 is 27.9 Å². The fraction of sp³-hybridized carbons (Fsp3) is 0.364. The number of amides is 1. The number of carbonyl (C=O) groups excluding carboxylic acids is 2. The molecule has 14 heteroatoms. The second-order valence-electron chi connectivity index (χ2n) is 7.76. The Morgan fingerprint density at radius 3 is 2.58 bits per heavy atom. The number of hydrogen-bond donors (Lipinski definition) is 2. The predicted molar refractivity (Wildman–Crippen MR) is 129 cm³/mol. The Morgan fingerprint density at radius 1 is 1.14 bits per heavy atom. The third-order valence-corrected chi connectivity index (χ3v) is 6.94. The van der Waals surface area contributed by atoms with Crippen molar-refractivity contribution in [1.82, 2.24) is 19.9 Å². The second-order valence-corrected chi connectivity index (χ2v) is 9.60. The van der Waals surface area contributed by atoms with Gasteiger partial charge in [0.2, 0.25) is 0 Å². The van der Waals surface area contributed by atoms with Crippen molar-refractivity contribution in [3.63, 3.8) is 0 Å². The van der Waals surface area contributed by atoms with Gasteiger partial charge in [-0.3, -0.25) is 9.59 Å². The summed E-state index contributed by atoms with van der Waals surface area (Å²) < 4.78 is 39.1. The van der Waals surface area contributed by atoms with E-state index in [1.54, 1.807) is 6.92 Å². The van der Waals surface area contributed by atoms with E-state index < -0.39 is 28.6 Å². The SMILES string of the molecule is CC(CC(=O)c1ncnc(CCCCO)c1Cl)c1ncc(C(=O)Nc2cc(C(F)(F)F)c(Cl)cn2)s1. The Kier molecular flexibility index (Phi) is 9.34. The van der Waals surface area contributed by atoms with Gasteiger partial charge >= 0.3 is 6.18 Å². The summed E-state index contributed by atoms with van der Waals surface area (Å²) in [6.07, 6.45) is 0.383. The quantitative estimate of drug-likeness (QED) is 0.244. The molecule has 1 atom stereocenters. The first kappa shape index (κ1) is 27.9. The van der Waals surface area contributed by atoms with Gasteiger partial charge in [0.1, 0.15) is 22.7 Å². The van der Waals surface area contributed by atoms with E-state index in [4.69, 9.17) is 28.3 Å². The summed E-state index contributed by atoms with van der Waals surface area (Å²) in [5, 5.41) is 11.3. The van der Waals surface area contributed by atoms with Crippen LogP contribution in [0.15, 0.2) is 24.8 Å². The molecule has 1 amide bonds. The Bertz CT molecular complexity index is 1260. The fourth-order valence-electron chi connectivity index (χ4n) is 3.16. The number of carbonyl (C=O) groups is 2. The first-order chi connectivity index (χ1) is 17.0. The van der Waals surface area contributed by atoms with Gasteiger partial charge < -0.3 is 10.4 Å². The number of unbranched alkanes of at least 4 members (excludes halogenated alkanes) is 1. The predicted octanol–water partition coefficient (Wildman–Crippen LogP) is 5.60. The van der Waals surface area contributed by atoms with Gasteiger partial charge in [-0.05, 0) is 25.3 Å². The van der Waals surface area contributed by atoms with Crippen molar-refractivity contribution >= 4 is 52.0 Å². The number of aliphatic hydroxyl groups excluding tert-OH is 1. The molecule has 8 nitrogen and oxygen atoms in total.